The smallest absolute Gasteiger partial charge is 0.258 e. The Morgan fingerprint density at radius 3 is 2.19 bits per heavy atom. The van der Waals surface area contributed by atoms with Gasteiger partial charge in [-0.3, -0.25) is 4.79 Å². The fourth-order valence-corrected chi connectivity index (χ4v) is 2.02. The minimum absolute atomic E-state index is 0.122. The Balaban J connectivity index is 2.40. The zero-order chi connectivity index (χ0) is 15.7. The van der Waals surface area contributed by atoms with Crippen molar-refractivity contribution in [3.63, 3.8) is 0 Å². The van der Waals surface area contributed by atoms with E-state index in [0.29, 0.717) is 12.1 Å². The van der Waals surface area contributed by atoms with Gasteiger partial charge >= 0.3 is 0 Å². The first kappa shape index (κ1) is 15.3. The van der Waals surface area contributed by atoms with E-state index in [1.165, 1.54) is 0 Å². The van der Waals surface area contributed by atoms with Gasteiger partial charge in [0.25, 0.3) is 5.91 Å². The Kier molecular flexibility index (Phi) is 4.17. The summed E-state index contributed by atoms with van der Waals surface area (Å²) in [5.41, 5.74) is 3.07. The number of nitrogens with one attached hydrogen (secondary N) is 1. The molecule has 2 aromatic rings. The number of carbonyl (C=O) groups is 1. The van der Waals surface area contributed by atoms with Gasteiger partial charge in [0.15, 0.2) is 17.5 Å². The molecular weight excluding hydrogens is 356 g/mol. The summed E-state index contributed by atoms with van der Waals surface area (Å²) in [6, 6.07) is 3.09. The van der Waals surface area contributed by atoms with E-state index < -0.39 is 46.1 Å². The van der Waals surface area contributed by atoms with Crippen molar-refractivity contribution in [1.82, 2.24) is 0 Å². The summed E-state index contributed by atoms with van der Waals surface area (Å²) >= 11 is 2.87. The van der Waals surface area contributed by atoms with Gasteiger partial charge in [0.2, 0.25) is 0 Å². The average molecular weight is 363 g/mol. The SMILES string of the molecule is Nc1cc(F)cc(C(=O)Nc2c(F)cc(Br)cc2F)c1F. The van der Waals surface area contributed by atoms with Crippen LogP contribution >= 0.6 is 15.9 Å². The second-order valence-electron chi connectivity index (χ2n) is 4.06. The molecule has 2 rings (SSSR count). The molecular formula is C13H7BrF4N2O. The van der Waals surface area contributed by atoms with Crippen LogP contribution in [-0.2, 0) is 0 Å². The maximum absolute atomic E-state index is 13.7. The summed E-state index contributed by atoms with van der Waals surface area (Å²) in [5, 5.41) is 1.85. The number of nitrogen functional groups attached to an aromatic ring is 1. The normalized spacial score (nSPS) is 10.5. The molecule has 3 nitrogen and oxygen atoms in total. The zero-order valence-electron chi connectivity index (χ0n) is 10.2. The number of amides is 1. The fourth-order valence-electron chi connectivity index (χ4n) is 1.62. The first-order chi connectivity index (χ1) is 9.79. The maximum atomic E-state index is 13.7. The number of hydrogen-bond acceptors (Lipinski definition) is 2. The first-order valence-electron chi connectivity index (χ1n) is 5.50. The minimum Gasteiger partial charge on any atom is -0.396 e. The molecule has 0 aliphatic heterocycles. The monoisotopic (exact) mass is 362 g/mol. The number of hydrogen-bond donors (Lipinski definition) is 2. The predicted octanol–water partition coefficient (Wildman–Crippen LogP) is 3.84. The van der Waals surface area contributed by atoms with Crippen LogP contribution in [0.3, 0.4) is 0 Å². The summed E-state index contributed by atoms with van der Waals surface area (Å²) in [4.78, 5) is 11.8. The van der Waals surface area contributed by atoms with Crippen molar-refractivity contribution < 1.29 is 22.4 Å². The van der Waals surface area contributed by atoms with Crippen LogP contribution in [0.4, 0.5) is 28.9 Å². The Labute approximate surface area is 124 Å². The van der Waals surface area contributed by atoms with E-state index in [9.17, 15) is 22.4 Å². The molecule has 0 aromatic heterocycles. The number of anilines is 2. The third-order valence-corrected chi connectivity index (χ3v) is 3.01. The zero-order valence-corrected chi connectivity index (χ0v) is 11.8. The van der Waals surface area contributed by atoms with Crippen LogP contribution in [-0.4, -0.2) is 5.91 Å². The highest BCUT2D eigenvalue weighted by Gasteiger charge is 2.19. The number of nitrogens with two attached hydrogens (primary N) is 1. The van der Waals surface area contributed by atoms with Gasteiger partial charge in [-0.25, -0.2) is 17.6 Å². The van der Waals surface area contributed by atoms with E-state index in [-0.39, 0.29) is 4.47 Å². The maximum Gasteiger partial charge on any atom is 0.258 e. The minimum atomic E-state index is -1.22. The lowest BCUT2D eigenvalue weighted by atomic mass is 10.1. The topological polar surface area (TPSA) is 55.1 Å². The summed E-state index contributed by atoms with van der Waals surface area (Å²) in [5.74, 6) is -5.48. The van der Waals surface area contributed by atoms with Crippen molar-refractivity contribution in [2.45, 2.75) is 0 Å². The van der Waals surface area contributed by atoms with Gasteiger partial charge in [0.1, 0.15) is 11.5 Å². The Hall–Kier alpha value is -2.09. The fraction of sp³-hybridized carbons (Fsp3) is 0. The van der Waals surface area contributed by atoms with E-state index in [1.54, 1.807) is 0 Å². The quantitative estimate of drug-likeness (QED) is 0.629. The van der Waals surface area contributed by atoms with Gasteiger partial charge in [-0.2, -0.15) is 0 Å². The Bertz CT molecular complexity index is 713. The van der Waals surface area contributed by atoms with Gasteiger partial charge in [-0.15, -0.1) is 0 Å². The van der Waals surface area contributed by atoms with E-state index >= 15 is 0 Å². The number of carbonyl (C=O) groups excluding carboxylic acids is 1. The molecule has 0 saturated carbocycles. The molecule has 110 valence electrons. The summed E-state index contributed by atoms with van der Waals surface area (Å²) in [7, 11) is 0. The molecule has 0 fully saturated rings. The predicted molar refractivity (Wildman–Crippen MR) is 72.8 cm³/mol. The largest absolute Gasteiger partial charge is 0.396 e. The number of benzene rings is 2. The molecule has 8 heteroatoms. The summed E-state index contributed by atoms with van der Waals surface area (Å²) in [6.07, 6.45) is 0. The van der Waals surface area contributed by atoms with Crippen molar-refractivity contribution in [1.29, 1.82) is 0 Å². The Morgan fingerprint density at radius 2 is 1.62 bits per heavy atom. The Morgan fingerprint density at radius 1 is 1.05 bits per heavy atom. The van der Waals surface area contributed by atoms with Gasteiger partial charge in [-0.05, 0) is 24.3 Å². The number of rotatable bonds is 2. The molecule has 0 saturated heterocycles. The molecule has 0 aliphatic carbocycles. The first-order valence-corrected chi connectivity index (χ1v) is 6.29. The lowest BCUT2D eigenvalue weighted by Gasteiger charge is -2.10. The van der Waals surface area contributed by atoms with E-state index in [0.717, 1.165) is 12.1 Å². The molecule has 0 atom stereocenters. The highest BCUT2D eigenvalue weighted by Crippen LogP contribution is 2.25. The molecule has 0 unspecified atom stereocenters. The van der Waals surface area contributed by atoms with Crippen LogP contribution in [0.15, 0.2) is 28.7 Å². The molecule has 0 bridgehead atoms. The van der Waals surface area contributed by atoms with Crippen molar-refractivity contribution in [3.05, 3.63) is 57.6 Å². The van der Waals surface area contributed by atoms with E-state index in [2.05, 4.69) is 15.9 Å². The highest BCUT2D eigenvalue weighted by molar-refractivity contribution is 9.10. The van der Waals surface area contributed by atoms with Crippen LogP contribution in [0.25, 0.3) is 0 Å². The van der Waals surface area contributed by atoms with E-state index in [1.807, 2.05) is 5.32 Å². The second-order valence-corrected chi connectivity index (χ2v) is 4.97. The third-order valence-electron chi connectivity index (χ3n) is 2.56. The van der Waals surface area contributed by atoms with Crippen molar-refractivity contribution in [3.8, 4) is 0 Å². The average Bonchev–Trinajstić information content (AvgIpc) is 2.37. The van der Waals surface area contributed by atoms with Crippen molar-refractivity contribution in [2.24, 2.45) is 0 Å². The highest BCUT2D eigenvalue weighted by atomic mass is 79.9. The molecule has 2 aromatic carbocycles. The van der Waals surface area contributed by atoms with Crippen molar-refractivity contribution in [2.75, 3.05) is 11.1 Å². The lowest BCUT2D eigenvalue weighted by Crippen LogP contribution is -2.17. The van der Waals surface area contributed by atoms with Crippen LogP contribution in [0.5, 0.6) is 0 Å². The van der Waals surface area contributed by atoms with E-state index in [4.69, 9.17) is 5.73 Å². The van der Waals surface area contributed by atoms with Crippen LogP contribution in [0, 0.1) is 23.3 Å². The number of halogens is 5. The van der Waals surface area contributed by atoms with Gasteiger partial charge in [0, 0.05) is 4.47 Å². The molecule has 0 radical (unpaired) electrons. The summed E-state index contributed by atoms with van der Waals surface area (Å²) < 4.78 is 54.1. The van der Waals surface area contributed by atoms with Crippen LogP contribution in [0.1, 0.15) is 10.4 Å². The lowest BCUT2D eigenvalue weighted by molar-refractivity contribution is 0.102. The summed E-state index contributed by atoms with van der Waals surface area (Å²) in [6.45, 7) is 0. The molecule has 0 aliphatic rings. The molecule has 0 heterocycles. The third kappa shape index (κ3) is 3.15. The molecule has 0 spiro atoms. The second kappa shape index (κ2) is 5.72. The van der Waals surface area contributed by atoms with Crippen molar-refractivity contribution >= 4 is 33.2 Å². The molecule has 21 heavy (non-hydrogen) atoms. The van der Waals surface area contributed by atoms with Gasteiger partial charge in [0.05, 0.1) is 11.3 Å². The standard InChI is InChI=1S/C13H7BrF4N2O/c14-5-1-8(16)12(9(17)2-5)20-13(21)7-3-6(15)4-10(19)11(7)18/h1-4H,19H2,(H,20,21). The molecule has 1 amide bonds. The molecule has 3 N–H and O–H groups in total. The van der Waals surface area contributed by atoms with Crippen LogP contribution in [0.2, 0.25) is 0 Å². The van der Waals surface area contributed by atoms with Crippen LogP contribution < -0.4 is 11.1 Å². The van der Waals surface area contributed by atoms with Gasteiger partial charge in [-0.1, -0.05) is 15.9 Å². The van der Waals surface area contributed by atoms with Gasteiger partial charge < -0.3 is 11.1 Å².